The molecule has 1 aliphatic rings. The molecule has 104 valence electrons. The lowest BCUT2D eigenvalue weighted by atomic mass is 9.96. The van der Waals surface area contributed by atoms with Gasteiger partial charge in [0.15, 0.2) is 0 Å². The summed E-state index contributed by atoms with van der Waals surface area (Å²) in [5, 5.41) is 3.00. The molecule has 0 spiro atoms. The average Bonchev–Trinajstić information content (AvgIpc) is 2.39. The Morgan fingerprint density at radius 2 is 2.06 bits per heavy atom. The van der Waals surface area contributed by atoms with Crippen LogP contribution < -0.4 is 11.1 Å². The van der Waals surface area contributed by atoms with Gasteiger partial charge in [-0.25, -0.2) is 4.79 Å². The number of piperidine rings is 1. The quantitative estimate of drug-likeness (QED) is 0.777. The number of carbonyl (C=O) groups is 2. The van der Waals surface area contributed by atoms with Crippen molar-refractivity contribution in [1.29, 1.82) is 0 Å². The van der Waals surface area contributed by atoms with Crippen molar-refractivity contribution in [2.75, 3.05) is 19.6 Å². The van der Waals surface area contributed by atoms with Gasteiger partial charge in [-0.15, -0.1) is 0 Å². The molecule has 1 unspecified atom stereocenters. The minimum absolute atomic E-state index is 0.0628. The molecule has 1 fully saturated rings. The van der Waals surface area contributed by atoms with Crippen molar-refractivity contribution in [3.63, 3.8) is 0 Å². The van der Waals surface area contributed by atoms with Crippen molar-refractivity contribution in [2.45, 2.75) is 39.5 Å². The molecule has 5 nitrogen and oxygen atoms in total. The number of urea groups is 1. The van der Waals surface area contributed by atoms with Gasteiger partial charge in [0.2, 0.25) is 5.91 Å². The molecule has 1 rings (SSSR count). The molecular formula is C13H25N3O2. The van der Waals surface area contributed by atoms with E-state index in [0.717, 1.165) is 32.2 Å². The fraction of sp³-hybridized carbons (Fsp3) is 0.846. The highest BCUT2D eigenvalue weighted by atomic mass is 16.2. The van der Waals surface area contributed by atoms with Gasteiger partial charge in [0, 0.05) is 19.6 Å². The van der Waals surface area contributed by atoms with Crippen molar-refractivity contribution >= 4 is 11.9 Å². The molecule has 0 aromatic carbocycles. The molecule has 18 heavy (non-hydrogen) atoms. The SMILES string of the molecule is CCC(CC)CNC(=O)C1CCCN(C(N)=O)C1. The van der Waals surface area contributed by atoms with E-state index >= 15 is 0 Å². The van der Waals surface area contributed by atoms with Crippen LogP contribution in [0.25, 0.3) is 0 Å². The van der Waals surface area contributed by atoms with Crippen molar-refractivity contribution in [1.82, 2.24) is 10.2 Å². The first-order valence-corrected chi connectivity index (χ1v) is 6.90. The predicted octanol–water partition coefficient (Wildman–Crippen LogP) is 1.33. The second kappa shape index (κ2) is 7.24. The zero-order valence-electron chi connectivity index (χ0n) is 11.4. The third kappa shape index (κ3) is 4.20. The maximum Gasteiger partial charge on any atom is 0.314 e. The van der Waals surface area contributed by atoms with Crippen molar-refractivity contribution in [2.24, 2.45) is 17.6 Å². The Labute approximate surface area is 109 Å². The van der Waals surface area contributed by atoms with Gasteiger partial charge in [0.1, 0.15) is 0 Å². The van der Waals surface area contributed by atoms with Gasteiger partial charge >= 0.3 is 6.03 Å². The van der Waals surface area contributed by atoms with E-state index in [1.165, 1.54) is 0 Å². The summed E-state index contributed by atoms with van der Waals surface area (Å²) < 4.78 is 0. The number of carbonyl (C=O) groups excluding carboxylic acids is 2. The number of nitrogens with one attached hydrogen (secondary N) is 1. The summed E-state index contributed by atoms with van der Waals surface area (Å²) in [6.07, 6.45) is 3.86. The van der Waals surface area contributed by atoms with Crippen molar-refractivity contribution in [3.05, 3.63) is 0 Å². The molecule has 1 aliphatic heterocycles. The van der Waals surface area contributed by atoms with Crippen LogP contribution in [0.15, 0.2) is 0 Å². The molecule has 3 amide bonds. The van der Waals surface area contributed by atoms with Crippen LogP contribution in [0.2, 0.25) is 0 Å². The number of likely N-dealkylation sites (tertiary alicyclic amines) is 1. The first-order valence-electron chi connectivity index (χ1n) is 6.90. The maximum absolute atomic E-state index is 12.0. The Morgan fingerprint density at radius 3 is 2.61 bits per heavy atom. The molecule has 0 aromatic rings. The van der Waals surface area contributed by atoms with E-state index in [0.29, 0.717) is 19.0 Å². The van der Waals surface area contributed by atoms with Crippen molar-refractivity contribution < 1.29 is 9.59 Å². The molecule has 3 N–H and O–H groups in total. The van der Waals surface area contributed by atoms with Crippen LogP contribution in [-0.2, 0) is 4.79 Å². The topological polar surface area (TPSA) is 75.4 Å². The van der Waals surface area contributed by atoms with Crippen LogP contribution in [0.1, 0.15) is 39.5 Å². The van der Waals surface area contributed by atoms with Gasteiger partial charge in [-0.2, -0.15) is 0 Å². The zero-order valence-corrected chi connectivity index (χ0v) is 11.4. The number of hydrogen-bond donors (Lipinski definition) is 2. The predicted molar refractivity (Wildman–Crippen MR) is 71.0 cm³/mol. The fourth-order valence-corrected chi connectivity index (χ4v) is 2.36. The summed E-state index contributed by atoms with van der Waals surface area (Å²) in [7, 11) is 0. The highest BCUT2D eigenvalue weighted by Crippen LogP contribution is 2.16. The Bertz CT molecular complexity index is 290. The van der Waals surface area contributed by atoms with Crippen LogP contribution in [0, 0.1) is 11.8 Å². The summed E-state index contributed by atoms with van der Waals surface area (Å²) in [4.78, 5) is 24.7. The van der Waals surface area contributed by atoms with Crippen LogP contribution in [-0.4, -0.2) is 36.5 Å². The number of amides is 3. The van der Waals surface area contributed by atoms with Gasteiger partial charge in [0.25, 0.3) is 0 Å². The Kier molecular flexibility index (Phi) is 5.95. The van der Waals surface area contributed by atoms with Gasteiger partial charge in [0.05, 0.1) is 5.92 Å². The molecule has 0 radical (unpaired) electrons. The monoisotopic (exact) mass is 255 g/mol. The summed E-state index contributed by atoms with van der Waals surface area (Å²) in [6.45, 7) is 6.14. The first-order chi connectivity index (χ1) is 8.58. The number of primary amides is 1. The lowest BCUT2D eigenvalue weighted by Gasteiger charge is -2.31. The van der Waals surface area contributed by atoms with Crippen LogP contribution in [0.4, 0.5) is 4.79 Å². The molecule has 0 aliphatic carbocycles. The fourth-order valence-electron chi connectivity index (χ4n) is 2.36. The average molecular weight is 255 g/mol. The minimum atomic E-state index is -0.424. The smallest absolute Gasteiger partial charge is 0.314 e. The summed E-state index contributed by atoms with van der Waals surface area (Å²) >= 11 is 0. The summed E-state index contributed by atoms with van der Waals surface area (Å²) in [5.74, 6) is 0.512. The number of nitrogens with two attached hydrogens (primary N) is 1. The van der Waals surface area contributed by atoms with Crippen LogP contribution in [0.3, 0.4) is 0 Å². The molecule has 1 saturated heterocycles. The summed E-state index contributed by atoms with van der Waals surface area (Å²) in [6, 6.07) is -0.424. The Balaban J connectivity index is 2.39. The van der Waals surface area contributed by atoms with E-state index in [-0.39, 0.29) is 11.8 Å². The van der Waals surface area contributed by atoms with E-state index in [4.69, 9.17) is 5.73 Å². The van der Waals surface area contributed by atoms with Gasteiger partial charge in [-0.1, -0.05) is 26.7 Å². The van der Waals surface area contributed by atoms with Gasteiger partial charge in [-0.05, 0) is 18.8 Å². The number of hydrogen-bond acceptors (Lipinski definition) is 2. The zero-order chi connectivity index (χ0) is 13.5. The van der Waals surface area contributed by atoms with Crippen molar-refractivity contribution in [3.8, 4) is 0 Å². The second-order valence-corrected chi connectivity index (χ2v) is 5.05. The largest absolute Gasteiger partial charge is 0.356 e. The van der Waals surface area contributed by atoms with E-state index in [2.05, 4.69) is 19.2 Å². The lowest BCUT2D eigenvalue weighted by molar-refractivity contribution is -0.126. The van der Waals surface area contributed by atoms with Gasteiger partial charge < -0.3 is 16.0 Å². The third-order valence-corrected chi connectivity index (χ3v) is 3.82. The summed E-state index contributed by atoms with van der Waals surface area (Å²) in [5.41, 5.74) is 5.25. The molecular weight excluding hydrogens is 230 g/mol. The maximum atomic E-state index is 12.0. The lowest BCUT2D eigenvalue weighted by Crippen LogP contribution is -2.47. The van der Waals surface area contributed by atoms with E-state index < -0.39 is 6.03 Å². The standard InChI is InChI=1S/C13H25N3O2/c1-3-10(4-2)8-15-12(17)11-6-5-7-16(9-11)13(14)18/h10-11H,3-9H2,1-2H3,(H2,14,18)(H,15,17). The molecule has 0 saturated carbocycles. The van der Waals surface area contributed by atoms with E-state index in [1.807, 2.05) is 0 Å². The van der Waals surface area contributed by atoms with Gasteiger partial charge in [-0.3, -0.25) is 4.79 Å². The van der Waals surface area contributed by atoms with Crippen LogP contribution in [0.5, 0.6) is 0 Å². The molecule has 0 aromatic heterocycles. The number of rotatable bonds is 5. The Hall–Kier alpha value is -1.26. The second-order valence-electron chi connectivity index (χ2n) is 5.05. The number of nitrogens with zero attached hydrogens (tertiary/aromatic N) is 1. The highest BCUT2D eigenvalue weighted by Gasteiger charge is 2.27. The van der Waals surface area contributed by atoms with Crippen LogP contribution >= 0.6 is 0 Å². The van der Waals surface area contributed by atoms with E-state index in [1.54, 1.807) is 4.90 Å². The van der Waals surface area contributed by atoms with E-state index in [9.17, 15) is 9.59 Å². The molecule has 1 heterocycles. The third-order valence-electron chi connectivity index (χ3n) is 3.82. The Morgan fingerprint density at radius 1 is 1.39 bits per heavy atom. The minimum Gasteiger partial charge on any atom is -0.356 e. The normalized spacial score (nSPS) is 19.9. The molecule has 1 atom stereocenters. The first kappa shape index (κ1) is 14.8. The molecule has 5 heteroatoms. The highest BCUT2D eigenvalue weighted by molar-refractivity contribution is 5.80. The molecule has 0 bridgehead atoms.